The zero-order chi connectivity index (χ0) is 30.1. The highest BCUT2D eigenvalue weighted by Crippen LogP contribution is 2.16. The monoisotopic (exact) mass is 576 g/mol. The highest BCUT2D eigenvalue weighted by molar-refractivity contribution is 5.59. The summed E-state index contributed by atoms with van der Waals surface area (Å²) in [7, 11) is 0. The SMILES string of the molecule is c1ccc(-c2ccn[nH]2)cc1.c1ccc(-c2ccn[nH]2)cc1.c1ccc(-c2ccn[nH]2)cc1.c1ccc(-c2ccn[nH]2)cc1. The van der Waals surface area contributed by atoms with Crippen LogP contribution in [-0.2, 0) is 0 Å². The van der Waals surface area contributed by atoms with E-state index in [1.54, 1.807) is 24.8 Å². The van der Waals surface area contributed by atoms with Gasteiger partial charge < -0.3 is 0 Å². The number of hydrogen-bond donors (Lipinski definition) is 4. The van der Waals surface area contributed by atoms with Gasteiger partial charge in [0.05, 0.1) is 22.8 Å². The van der Waals surface area contributed by atoms with Crippen LogP contribution < -0.4 is 0 Å². The summed E-state index contributed by atoms with van der Waals surface area (Å²) in [5, 5.41) is 27.1. The molecule has 4 N–H and O–H groups in total. The van der Waals surface area contributed by atoms with E-state index in [2.05, 4.69) is 40.8 Å². The van der Waals surface area contributed by atoms with Gasteiger partial charge in [0.1, 0.15) is 0 Å². The Morgan fingerprint density at radius 2 is 0.455 bits per heavy atom. The molecule has 8 heteroatoms. The standard InChI is InChI=1S/4C9H8N2/c4*1-2-4-8(5-3-1)9-6-7-10-11-9/h4*1-7H,(H,10,11). The molecule has 0 aliphatic carbocycles. The average Bonchev–Trinajstić information content (AvgIpc) is 3.96. The smallest absolute Gasteiger partial charge is 0.0650 e. The summed E-state index contributed by atoms with van der Waals surface area (Å²) in [4.78, 5) is 0. The minimum absolute atomic E-state index is 1.06. The fourth-order valence-corrected chi connectivity index (χ4v) is 4.14. The van der Waals surface area contributed by atoms with E-state index in [1.807, 2.05) is 146 Å². The van der Waals surface area contributed by atoms with Gasteiger partial charge in [-0.25, -0.2) is 0 Å². The van der Waals surface area contributed by atoms with Gasteiger partial charge in [-0.3, -0.25) is 20.4 Å². The molecule has 0 saturated heterocycles. The first-order chi connectivity index (χ1) is 21.9. The van der Waals surface area contributed by atoms with Crippen molar-refractivity contribution >= 4 is 0 Å². The van der Waals surface area contributed by atoms with Crippen molar-refractivity contribution in [3.63, 3.8) is 0 Å². The van der Waals surface area contributed by atoms with Crippen LogP contribution in [0.1, 0.15) is 0 Å². The Balaban J connectivity index is 0.000000116. The second-order valence-electron chi connectivity index (χ2n) is 9.35. The van der Waals surface area contributed by atoms with Crippen molar-refractivity contribution in [3.8, 4) is 45.0 Å². The topological polar surface area (TPSA) is 115 Å². The largest absolute Gasteiger partial charge is 0.278 e. The van der Waals surface area contributed by atoms with Crippen molar-refractivity contribution in [1.29, 1.82) is 0 Å². The molecule has 0 amide bonds. The quantitative estimate of drug-likeness (QED) is 0.169. The number of H-pyrrole nitrogens is 4. The Morgan fingerprint density at radius 1 is 0.250 bits per heavy atom. The molecular weight excluding hydrogens is 544 g/mol. The van der Waals surface area contributed by atoms with E-state index in [1.165, 1.54) is 22.3 Å². The maximum absolute atomic E-state index is 3.87. The number of hydrogen-bond acceptors (Lipinski definition) is 4. The van der Waals surface area contributed by atoms with Crippen molar-refractivity contribution in [2.24, 2.45) is 0 Å². The predicted molar refractivity (Wildman–Crippen MR) is 176 cm³/mol. The van der Waals surface area contributed by atoms with Gasteiger partial charge in [0.2, 0.25) is 0 Å². The Bertz CT molecular complexity index is 1520. The van der Waals surface area contributed by atoms with E-state index in [0.717, 1.165) is 22.8 Å². The molecule has 4 heterocycles. The molecule has 4 aromatic carbocycles. The van der Waals surface area contributed by atoms with E-state index in [-0.39, 0.29) is 0 Å². The average molecular weight is 577 g/mol. The Hall–Kier alpha value is -6.28. The summed E-state index contributed by atoms with van der Waals surface area (Å²) in [6.45, 7) is 0. The van der Waals surface area contributed by atoms with Crippen LogP contribution in [0.5, 0.6) is 0 Å². The third-order valence-corrected chi connectivity index (χ3v) is 6.34. The molecule has 8 rings (SSSR count). The number of nitrogens with zero attached hydrogens (tertiary/aromatic N) is 4. The first-order valence-corrected chi connectivity index (χ1v) is 14.1. The van der Waals surface area contributed by atoms with Crippen LogP contribution in [0.25, 0.3) is 45.0 Å². The molecule has 44 heavy (non-hydrogen) atoms. The molecule has 0 saturated carbocycles. The molecule has 0 spiro atoms. The summed E-state index contributed by atoms with van der Waals surface area (Å²) in [5.74, 6) is 0. The second-order valence-corrected chi connectivity index (χ2v) is 9.35. The van der Waals surface area contributed by atoms with Gasteiger partial charge >= 0.3 is 0 Å². The van der Waals surface area contributed by atoms with E-state index in [4.69, 9.17) is 0 Å². The maximum Gasteiger partial charge on any atom is 0.0650 e. The van der Waals surface area contributed by atoms with Gasteiger partial charge in [-0.05, 0) is 46.5 Å². The molecule has 0 atom stereocenters. The number of benzene rings is 4. The van der Waals surface area contributed by atoms with Crippen LogP contribution in [0.15, 0.2) is 170 Å². The fraction of sp³-hybridized carbons (Fsp3) is 0. The molecule has 8 aromatic rings. The lowest BCUT2D eigenvalue weighted by molar-refractivity contribution is 1.10. The summed E-state index contributed by atoms with van der Waals surface area (Å²) in [6.07, 6.45) is 7.01. The molecule has 0 unspecified atom stereocenters. The van der Waals surface area contributed by atoms with E-state index < -0.39 is 0 Å². The highest BCUT2D eigenvalue weighted by Gasteiger charge is 1.96. The maximum atomic E-state index is 3.87. The summed E-state index contributed by atoms with van der Waals surface area (Å²) < 4.78 is 0. The van der Waals surface area contributed by atoms with Gasteiger partial charge in [-0.2, -0.15) is 20.4 Å². The molecular formula is C36H32N8. The first kappa shape index (κ1) is 29.2. The minimum atomic E-state index is 1.06. The van der Waals surface area contributed by atoms with Crippen LogP contribution in [0.2, 0.25) is 0 Å². The molecule has 0 fully saturated rings. The number of nitrogens with one attached hydrogen (secondary N) is 4. The fourth-order valence-electron chi connectivity index (χ4n) is 4.14. The lowest BCUT2D eigenvalue weighted by atomic mass is 10.2. The summed E-state index contributed by atoms with van der Waals surface area (Å²) >= 11 is 0. The van der Waals surface area contributed by atoms with E-state index >= 15 is 0 Å². The molecule has 216 valence electrons. The number of aromatic nitrogens is 8. The number of rotatable bonds is 4. The summed E-state index contributed by atoms with van der Waals surface area (Å²) in [6, 6.07) is 48.3. The molecule has 0 aliphatic rings. The lowest BCUT2D eigenvalue weighted by Gasteiger charge is -1.93. The first-order valence-electron chi connectivity index (χ1n) is 14.1. The second kappa shape index (κ2) is 16.2. The highest BCUT2D eigenvalue weighted by atomic mass is 15.1. The third-order valence-electron chi connectivity index (χ3n) is 6.34. The molecule has 8 nitrogen and oxygen atoms in total. The predicted octanol–water partition coefficient (Wildman–Crippen LogP) is 8.31. The van der Waals surface area contributed by atoms with Crippen LogP contribution >= 0.6 is 0 Å². The van der Waals surface area contributed by atoms with Crippen LogP contribution in [0.4, 0.5) is 0 Å². The van der Waals surface area contributed by atoms with Crippen LogP contribution in [-0.4, -0.2) is 40.8 Å². The Morgan fingerprint density at radius 3 is 0.614 bits per heavy atom. The third kappa shape index (κ3) is 8.86. The van der Waals surface area contributed by atoms with Gasteiger partial charge in [-0.1, -0.05) is 121 Å². The zero-order valence-electron chi connectivity index (χ0n) is 24.0. The van der Waals surface area contributed by atoms with Gasteiger partial charge in [-0.15, -0.1) is 0 Å². The molecule has 0 radical (unpaired) electrons. The van der Waals surface area contributed by atoms with E-state index in [9.17, 15) is 0 Å². The zero-order valence-corrected chi connectivity index (χ0v) is 24.0. The van der Waals surface area contributed by atoms with Crippen molar-refractivity contribution in [1.82, 2.24) is 40.8 Å². The number of aromatic amines is 4. The summed E-state index contributed by atoms with van der Waals surface area (Å²) in [5.41, 5.74) is 8.93. The van der Waals surface area contributed by atoms with Crippen molar-refractivity contribution in [3.05, 3.63) is 170 Å². The van der Waals surface area contributed by atoms with Gasteiger partial charge in [0.25, 0.3) is 0 Å². The Kier molecular flexibility index (Phi) is 10.8. The molecule has 0 bridgehead atoms. The van der Waals surface area contributed by atoms with Crippen LogP contribution in [0, 0.1) is 0 Å². The van der Waals surface area contributed by atoms with Crippen molar-refractivity contribution < 1.29 is 0 Å². The molecule has 0 aliphatic heterocycles. The lowest BCUT2D eigenvalue weighted by Crippen LogP contribution is -1.75. The van der Waals surface area contributed by atoms with Gasteiger partial charge in [0, 0.05) is 24.8 Å². The van der Waals surface area contributed by atoms with Crippen molar-refractivity contribution in [2.75, 3.05) is 0 Å². The minimum Gasteiger partial charge on any atom is -0.278 e. The van der Waals surface area contributed by atoms with Crippen LogP contribution in [0.3, 0.4) is 0 Å². The molecule has 4 aromatic heterocycles. The normalized spacial score (nSPS) is 9.82. The Labute approximate surface area is 255 Å². The van der Waals surface area contributed by atoms with Crippen molar-refractivity contribution in [2.45, 2.75) is 0 Å². The van der Waals surface area contributed by atoms with Gasteiger partial charge in [0.15, 0.2) is 0 Å². The van der Waals surface area contributed by atoms with E-state index in [0.29, 0.717) is 0 Å².